The van der Waals surface area contributed by atoms with Crippen LogP contribution in [-0.2, 0) is 9.53 Å². The lowest BCUT2D eigenvalue weighted by atomic mass is 10.1. The van der Waals surface area contributed by atoms with E-state index in [1.165, 1.54) is 0 Å². The molecule has 1 heterocycles. The molecule has 26 heavy (non-hydrogen) atoms. The number of methoxy groups -OCH3 is 1. The molecule has 134 valence electrons. The maximum Gasteiger partial charge on any atom is 0.363 e. The van der Waals surface area contributed by atoms with Crippen molar-refractivity contribution in [3.8, 4) is 11.5 Å². The van der Waals surface area contributed by atoms with Gasteiger partial charge in [-0.15, -0.1) is 11.6 Å². The van der Waals surface area contributed by atoms with Gasteiger partial charge in [-0.05, 0) is 48.0 Å². The molecule has 0 aliphatic carbocycles. The average Bonchev–Trinajstić information content (AvgIpc) is 3.01. The van der Waals surface area contributed by atoms with Crippen LogP contribution in [0.4, 0.5) is 0 Å². The van der Waals surface area contributed by atoms with Crippen LogP contribution in [0.15, 0.2) is 53.2 Å². The fourth-order valence-electron chi connectivity index (χ4n) is 2.32. The number of esters is 1. The smallest absolute Gasteiger partial charge is 0.363 e. The van der Waals surface area contributed by atoms with Crippen molar-refractivity contribution in [1.82, 2.24) is 0 Å². The first-order valence-electron chi connectivity index (χ1n) is 7.76. The van der Waals surface area contributed by atoms with Gasteiger partial charge in [-0.25, -0.2) is 9.79 Å². The second-order valence-electron chi connectivity index (χ2n) is 5.29. The van der Waals surface area contributed by atoms with Crippen molar-refractivity contribution in [3.05, 3.63) is 64.3 Å². The van der Waals surface area contributed by atoms with Crippen molar-refractivity contribution in [2.45, 2.75) is 0 Å². The zero-order chi connectivity index (χ0) is 18.5. The topological polar surface area (TPSA) is 57.1 Å². The molecule has 1 aliphatic rings. The summed E-state index contributed by atoms with van der Waals surface area (Å²) in [6.45, 7) is 0.374. The van der Waals surface area contributed by atoms with Crippen molar-refractivity contribution < 1.29 is 19.0 Å². The second kappa shape index (κ2) is 8.25. The summed E-state index contributed by atoms with van der Waals surface area (Å²) in [6.07, 6.45) is 1.62. The third-order valence-electron chi connectivity index (χ3n) is 3.54. The number of aliphatic imine (C=N–C) groups is 1. The van der Waals surface area contributed by atoms with Crippen LogP contribution in [0, 0.1) is 0 Å². The first kappa shape index (κ1) is 18.3. The Morgan fingerprint density at radius 3 is 2.62 bits per heavy atom. The number of cyclic esters (lactones) is 1. The summed E-state index contributed by atoms with van der Waals surface area (Å²) in [5.41, 5.74) is 1.60. The number of hydrogen-bond donors (Lipinski definition) is 0. The normalized spacial score (nSPS) is 15.0. The zero-order valence-electron chi connectivity index (χ0n) is 13.9. The Hall–Kier alpha value is -2.50. The van der Waals surface area contributed by atoms with Crippen molar-refractivity contribution in [3.63, 3.8) is 0 Å². The van der Waals surface area contributed by atoms with E-state index in [-0.39, 0.29) is 11.6 Å². The van der Waals surface area contributed by atoms with Crippen molar-refractivity contribution in [2.24, 2.45) is 4.99 Å². The quantitative estimate of drug-likeness (QED) is 0.418. The van der Waals surface area contributed by atoms with E-state index in [0.717, 1.165) is 5.56 Å². The molecule has 0 N–H and O–H groups in total. The lowest BCUT2D eigenvalue weighted by Gasteiger charge is -2.10. The first-order valence-corrected chi connectivity index (χ1v) is 8.67. The lowest BCUT2D eigenvalue weighted by molar-refractivity contribution is -0.129. The summed E-state index contributed by atoms with van der Waals surface area (Å²) in [5, 5.41) is 0.595. The molecule has 0 saturated carbocycles. The maximum atomic E-state index is 12.1. The molecule has 2 aromatic rings. The van der Waals surface area contributed by atoms with Crippen LogP contribution < -0.4 is 9.47 Å². The number of ether oxygens (including phenoxy) is 3. The number of halogens is 2. The number of hydrogen-bond acceptors (Lipinski definition) is 5. The van der Waals surface area contributed by atoms with Gasteiger partial charge in [0.15, 0.2) is 17.2 Å². The van der Waals surface area contributed by atoms with Crippen LogP contribution in [0.5, 0.6) is 11.5 Å². The molecule has 0 amide bonds. The lowest BCUT2D eigenvalue weighted by Crippen LogP contribution is -2.05. The highest BCUT2D eigenvalue weighted by atomic mass is 35.5. The van der Waals surface area contributed by atoms with E-state index in [4.69, 9.17) is 37.4 Å². The van der Waals surface area contributed by atoms with Gasteiger partial charge in [0, 0.05) is 10.6 Å². The molecule has 0 spiro atoms. The minimum Gasteiger partial charge on any atom is -0.493 e. The van der Waals surface area contributed by atoms with Crippen molar-refractivity contribution in [1.29, 1.82) is 0 Å². The largest absolute Gasteiger partial charge is 0.493 e. The average molecular weight is 392 g/mol. The summed E-state index contributed by atoms with van der Waals surface area (Å²) < 4.78 is 16.0. The second-order valence-corrected chi connectivity index (χ2v) is 6.11. The fraction of sp³-hybridized carbons (Fsp3) is 0.158. The van der Waals surface area contributed by atoms with E-state index in [1.54, 1.807) is 55.7 Å². The summed E-state index contributed by atoms with van der Waals surface area (Å²) in [6, 6.07) is 12.2. The number of carbonyl (C=O) groups is 1. The molecule has 5 nitrogen and oxygen atoms in total. The minimum absolute atomic E-state index is 0.200. The predicted molar refractivity (Wildman–Crippen MR) is 101 cm³/mol. The van der Waals surface area contributed by atoms with Gasteiger partial charge in [0.25, 0.3) is 0 Å². The number of rotatable bonds is 6. The van der Waals surface area contributed by atoms with Gasteiger partial charge in [0.05, 0.1) is 13.0 Å². The molecule has 2 aromatic carbocycles. The van der Waals surface area contributed by atoms with E-state index < -0.39 is 5.97 Å². The molecule has 1 aliphatic heterocycles. The number of nitrogens with zero attached hydrogens (tertiary/aromatic N) is 1. The molecule has 0 fully saturated rings. The Labute approximate surface area is 160 Å². The SMILES string of the molecule is COc1cc(/C=C2/N=C(c3ccc(Cl)cc3)OC2=O)ccc1OCCCl. The van der Waals surface area contributed by atoms with Gasteiger partial charge in [0.2, 0.25) is 5.90 Å². The van der Waals surface area contributed by atoms with E-state index in [9.17, 15) is 4.79 Å². The summed E-state index contributed by atoms with van der Waals surface area (Å²) in [7, 11) is 1.54. The summed E-state index contributed by atoms with van der Waals surface area (Å²) in [4.78, 5) is 16.4. The highest BCUT2D eigenvalue weighted by Gasteiger charge is 2.24. The Morgan fingerprint density at radius 2 is 1.92 bits per heavy atom. The van der Waals surface area contributed by atoms with Gasteiger partial charge in [0.1, 0.15) is 6.61 Å². The van der Waals surface area contributed by atoms with Gasteiger partial charge >= 0.3 is 5.97 Å². The van der Waals surface area contributed by atoms with E-state index >= 15 is 0 Å². The van der Waals surface area contributed by atoms with E-state index in [1.807, 2.05) is 0 Å². The molecular formula is C19H15Cl2NO4. The molecule has 3 rings (SSSR count). The fourth-order valence-corrected chi connectivity index (χ4v) is 2.53. The van der Waals surface area contributed by atoms with Crippen LogP contribution in [0.25, 0.3) is 6.08 Å². The highest BCUT2D eigenvalue weighted by Crippen LogP contribution is 2.30. The number of benzene rings is 2. The molecular weight excluding hydrogens is 377 g/mol. The van der Waals surface area contributed by atoms with Crippen LogP contribution in [-0.4, -0.2) is 31.5 Å². The molecule has 0 unspecified atom stereocenters. The summed E-state index contributed by atoms with van der Waals surface area (Å²) in [5.74, 6) is 1.22. The van der Waals surface area contributed by atoms with Crippen LogP contribution in [0.2, 0.25) is 5.02 Å². The van der Waals surface area contributed by atoms with Crippen molar-refractivity contribution in [2.75, 3.05) is 19.6 Å². The maximum absolute atomic E-state index is 12.1. The Bertz CT molecular complexity index is 876. The monoisotopic (exact) mass is 391 g/mol. The van der Waals surface area contributed by atoms with Gasteiger partial charge in [-0.3, -0.25) is 0 Å². The zero-order valence-corrected chi connectivity index (χ0v) is 15.4. The molecule has 0 aromatic heterocycles. The first-order chi connectivity index (χ1) is 12.6. The molecule has 7 heteroatoms. The predicted octanol–water partition coefficient (Wildman–Crippen LogP) is 4.31. The van der Waals surface area contributed by atoms with Crippen LogP contribution >= 0.6 is 23.2 Å². The number of alkyl halides is 1. The van der Waals surface area contributed by atoms with Crippen LogP contribution in [0.3, 0.4) is 0 Å². The molecule has 0 atom stereocenters. The standard InChI is InChI=1S/C19H15Cl2NO4/c1-24-17-11-12(2-7-16(17)25-9-8-20)10-15-19(23)26-18(22-15)13-3-5-14(21)6-4-13/h2-7,10-11H,8-9H2,1H3/b15-10+. The minimum atomic E-state index is -0.517. The summed E-state index contributed by atoms with van der Waals surface area (Å²) >= 11 is 11.5. The Kier molecular flexibility index (Phi) is 5.81. The van der Waals surface area contributed by atoms with Gasteiger partial charge in [-0.2, -0.15) is 0 Å². The molecule has 0 saturated heterocycles. The van der Waals surface area contributed by atoms with E-state index in [0.29, 0.717) is 34.6 Å². The van der Waals surface area contributed by atoms with Gasteiger partial charge in [-0.1, -0.05) is 17.7 Å². The Balaban J connectivity index is 1.86. The highest BCUT2D eigenvalue weighted by molar-refractivity contribution is 6.30. The van der Waals surface area contributed by atoms with E-state index in [2.05, 4.69) is 4.99 Å². The van der Waals surface area contributed by atoms with Gasteiger partial charge < -0.3 is 14.2 Å². The molecule has 0 bridgehead atoms. The molecule has 0 radical (unpaired) electrons. The Morgan fingerprint density at radius 1 is 1.15 bits per heavy atom. The number of carbonyl (C=O) groups excluding carboxylic acids is 1. The van der Waals surface area contributed by atoms with Crippen LogP contribution in [0.1, 0.15) is 11.1 Å². The third-order valence-corrected chi connectivity index (χ3v) is 3.94. The third kappa shape index (κ3) is 4.18. The van der Waals surface area contributed by atoms with Crippen molar-refractivity contribution >= 4 is 41.1 Å².